The highest BCUT2D eigenvalue weighted by molar-refractivity contribution is 7.15. The van der Waals surface area contributed by atoms with Crippen LogP contribution in [0.1, 0.15) is 45.6 Å². The van der Waals surface area contributed by atoms with Gasteiger partial charge in [-0.05, 0) is 61.4 Å². The molecule has 0 bridgehead atoms. The minimum absolute atomic E-state index is 0.248. The van der Waals surface area contributed by atoms with Gasteiger partial charge >= 0.3 is 5.97 Å². The van der Waals surface area contributed by atoms with Crippen molar-refractivity contribution < 1.29 is 19.0 Å². The summed E-state index contributed by atoms with van der Waals surface area (Å²) in [6.07, 6.45) is 5.08. The van der Waals surface area contributed by atoms with E-state index in [0.29, 0.717) is 40.0 Å². The summed E-state index contributed by atoms with van der Waals surface area (Å²) >= 11 is 1.26. The van der Waals surface area contributed by atoms with Crippen LogP contribution < -0.4 is 24.3 Å². The third-order valence-corrected chi connectivity index (χ3v) is 6.09. The van der Waals surface area contributed by atoms with Crippen LogP contribution in [0.2, 0.25) is 0 Å². The number of hydrogen-bond acceptors (Lipinski definition) is 8. The van der Waals surface area contributed by atoms with Gasteiger partial charge in [-0.15, -0.1) is 5.10 Å². The van der Waals surface area contributed by atoms with Crippen LogP contribution in [0.5, 0.6) is 17.2 Å². The number of ether oxygens (including phenoxy) is 3. The number of thiazole rings is 1. The summed E-state index contributed by atoms with van der Waals surface area (Å²) in [7, 11) is 0. The van der Waals surface area contributed by atoms with Gasteiger partial charge in [0.1, 0.15) is 5.75 Å². The highest BCUT2D eigenvalue weighted by Crippen LogP contribution is 2.29. The van der Waals surface area contributed by atoms with E-state index < -0.39 is 5.97 Å². The average Bonchev–Trinajstić information content (AvgIpc) is 3.38. The number of carbonyl (C=O) groups excluding carboxylic acids is 1. The highest BCUT2D eigenvalue weighted by Gasteiger charge is 2.13. The number of unbranched alkanes of at least 4 members (excludes halogenated alkanes) is 2. The lowest BCUT2D eigenvalue weighted by molar-refractivity contribution is -0.132. The van der Waals surface area contributed by atoms with Gasteiger partial charge in [0.05, 0.1) is 17.7 Å². The SMILES string of the molecule is CCCCCOc1ccc(-c2nc3sc(=Cc4ccc(OC(C)=O)c(OCC)c4)c(=O)n3n2)cc1. The van der Waals surface area contributed by atoms with Crippen LogP contribution in [0.25, 0.3) is 22.4 Å². The molecule has 2 heterocycles. The number of nitrogens with zero attached hydrogens (tertiary/aromatic N) is 3. The van der Waals surface area contributed by atoms with Gasteiger partial charge in [-0.1, -0.05) is 37.2 Å². The monoisotopic (exact) mass is 493 g/mol. The quantitative estimate of drug-likeness (QED) is 0.185. The van der Waals surface area contributed by atoms with E-state index in [0.717, 1.165) is 36.1 Å². The van der Waals surface area contributed by atoms with E-state index in [2.05, 4.69) is 17.0 Å². The zero-order valence-electron chi connectivity index (χ0n) is 19.9. The van der Waals surface area contributed by atoms with Crippen LogP contribution in [0.15, 0.2) is 47.3 Å². The van der Waals surface area contributed by atoms with Gasteiger partial charge in [-0.2, -0.15) is 9.50 Å². The van der Waals surface area contributed by atoms with Crippen LogP contribution in [-0.4, -0.2) is 33.8 Å². The summed E-state index contributed by atoms with van der Waals surface area (Å²) in [6.45, 7) is 6.45. The summed E-state index contributed by atoms with van der Waals surface area (Å²) in [5.74, 6) is 1.63. The Bertz CT molecular complexity index is 1430. The minimum Gasteiger partial charge on any atom is -0.494 e. The second kappa shape index (κ2) is 11.1. The molecule has 0 unspecified atom stereocenters. The molecule has 0 amide bonds. The van der Waals surface area contributed by atoms with Crippen LogP contribution in [-0.2, 0) is 4.79 Å². The molecular formula is C26H27N3O5S. The number of esters is 1. The summed E-state index contributed by atoms with van der Waals surface area (Å²) in [5.41, 5.74) is 1.30. The number of fused-ring (bicyclic) bond motifs is 1. The molecule has 0 aliphatic carbocycles. The molecule has 4 aromatic rings. The van der Waals surface area contributed by atoms with Crippen LogP contribution in [0, 0.1) is 0 Å². The molecule has 0 N–H and O–H groups in total. The van der Waals surface area contributed by atoms with Gasteiger partial charge in [0, 0.05) is 12.5 Å². The summed E-state index contributed by atoms with van der Waals surface area (Å²) in [5, 5.41) is 4.42. The van der Waals surface area contributed by atoms with Gasteiger partial charge < -0.3 is 14.2 Å². The van der Waals surface area contributed by atoms with Gasteiger partial charge in [-0.3, -0.25) is 9.59 Å². The lowest BCUT2D eigenvalue weighted by atomic mass is 10.2. The van der Waals surface area contributed by atoms with E-state index in [4.69, 9.17) is 14.2 Å². The van der Waals surface area contributed by atoms with Crippen molar-refractivity contribution in [2.24, 2.45) is 0 Å². The lowest BCUT2D eigenvalue weighted by Gasteiger charge is -2.10. The molecule has 0 aliphatic rings. The molecule has 182 valence electrons. The van der Waals surface area contributed by atoms with E-state index in [9.17, 15) is 9.59 Å². The normalized spacial score (nSPS) is 11.7. The average molecular weight is 494 g/mol. The minimum atomic E-state index is -0.431. The second-order valence-corrected chi connectivity index (χ2v) is 8.87. The molecule has 2 aromatic heterocycles. The smallest absolute Gasteiger partial charge is 0.308 e. The zero-order chi connectivity index (χ0) is 24.8. The number of benzene rings is 2. The zero-order valence-corrected chi connectivity index (χ0v) is 20.8. The first-order valence-electron chi connectivity index (χ1n) is 11.6. The maximum atomic E-state index is 12.9. The first kappa shape index (κ1) is 24.4. The number of rotatable bonds is 10. The topological polar surface area (TPSA) is 92.0 Å². The molecule has 0 fully saturated rings. The number of carbonyl (C=O) groups is 1. The van der Waals surface area contributed by atoms with Crippen molar-refractivity contribution in [1.29, 1.82) is 0 Å². The third-order valence-electron chi connectivity index (χ3n) is 5.13. The summed E-state index contributed by atoms with van der Waals surface area (Å²) in [4.78, 5) is 29.3. The lowest BCUT2D eigenvalue weighted by Crippen LogP contribution is -2.23. The van der Waals surface area contributed by atoms with Crippen molar-refractivity contribution in [3.05, 3.63) is 62.9 Å². The fourth-order valence-electron chi connectivity index (χ4n) is 3.47. The van der Waals surface area contributed by atoms with E-state index in [1.54, 1.807) is 24.3 Å². The summed E-state index contributed by atoms with van der Waals surface area (Å²) in [6, 6.07) is 12.7. The molecule has 0 saturated heterocycles. The molecule has 0 atom stereocenters. The fourth-order valence-corrected chi connectivity index (χ4v) is 4.38. The molecule has 0 saturated carbocycles. The third kappa shape index (κ3) is 5.86. The molecule has 0 spiro atoms. The van der Waals surface area contributed by atoms with Crippen LogP contribution in [0.4, 0.5) is 0 Å². The van der Waals surface area contributed by atoms with Gasteiger partial charge in [0.2, 0.25) is 4.96 Å². The molecule has 0 radical (unpaired) electrons. The van der Waals surface area contributed by atoms with E-state index in [-0.39, 0.29) is 5.56 Å². The Hall–Kier alpha value is -3.72. The Labute approximate surface area is 206 Å². The number of hydrogen-bond donors (Lipinski definition) is 0. The summed E-state index contributed by atoms with van der Waals surface area (Å²) < 4.78 is 18.3. The maximum absolute atomic E-state index is 12.9. The Morgan fingerprint density at radius 3 is 2.54 bits per heavy atom. The molecule has 0 aliphatic heterocycles. The van der Waals surface area contributed by atoms with E-state index in [1.165, 1.54) is 22.8 Å². The fraction of sp³-hybridized carbons (Fsp3) is 0.308. The largest absolute Gasteiger partial charge is 0.494 e. The molecule has 8 nitrogen and oxygen atoms in total. The first-order valence-corrected chi connectivity index (χ1v) is 12.4. The molecule has 4 rings (SSSR count). The standard InChI is InChI=1S/C26H27N3O5S/c1-4-6-7-14-33-20-11-9-19(10-12-20)24-27-26-29(28-24)25(31)23(35-26)16-18-8-13-21(34-17(3)30)22(15-18)32-5-2/h8-13,15-16H,4-7,14H2,1-3H3. The second-order valence-electron chi connectivity index (χ2n) is 7.86. The van der Waals surface area contributed by atoms with Crippen LogP contribution in [0.3, 0.4) is 0 Å². The Kier molecular flexibility index (Phi) is 7.77. The Morgan fingerprint density at radius 2 is 1.86 bits per heavy atom. The molecule has 9 heteroatoms. The predicted octanol–water partition coefficient (Wildman–Crippen LogP) is 4.26. The van der Waals surface area contributed by atoms with Crippen molar-refractivity contribution in [3.63, 3.8) is 0 Å². The molecule has 2 aromatic carbocycles. The van der Waals surface area contributed by atoms with E-state index >= 15 is 0 Å². The Balaban J connectivity index is 1.57. The first-order chi connectivity index (χ1) is 17.0. The molecular weight excluding hydrogens is 466 g/mol. The van der Waals surface area contributed by atoms with Crippen molar-refractivity contribution in [2.45, 2.75) is 40.0 Å². The molecule has 35 heavy (non-hydrogen) atoms. The maximum Gasteiger partial charge on any atom is 0.308 e. The van der Waals surface area contributed by atoms with Crippen LogP contribution >= 0.6 is 11.3 Å². The van der Waals surface area contributed by atoms with E-state index in [1.807, 2.05) is 31.2 Å². The predicted molar refractivity (Wildman–Crippen MR) is 135 cm³/mol. The van der Waals surface area contributed by atoms with Gasteiger partial charge in [0.25, 0.3) is 5.56 Å². The number of aromatic nitrogens is 3. The van der Waals surface area contributed by atoms with Gasteiger partial charge in [0.15, 0.2) is 17.3 Å². The van der Waals surface area contributed by atoms with Crippen molar-refractivity contribution in [3.8, 4) is 28.6 Å². The van der Waals surface area contributed by atoms with Crippen molar-refractivity contribution >= 4 is 28.3 Å². The highest BCUT2D eigenvalue weighted by atomic mass is 32.1. The Morgan fingerprint density at radius 1 is 1.06 bits per heavy atom. The van der Waals surface area contributed by atoms with Crippen molar-refractivity contribution in [2.75, 3.05) is 13.2 Å². The van der Waals surface area contributed by atoms with Crippen molar-refractivity contribution in [1.82, 2.24) is 14.6 Å². The van der Waals surface area contributed by atoms with Gasteiger partial charge in [-0.25, -0.2) is 0 Å².